The quantitative estimate of drug-likeness (QED) is 0.504. The predicted octanol–water partition coefficient (Wildman–Crippen LogP) is 3.48. The molecule has 0 aromatic heterocycles. The van der Waals surface area contributed by atoms with Crippen LogP contribution in [0.4, 0.5) is 14.5 Å². The molecular formula is C23H28F2N4O2S. The van der Waals surface area contributed by atoms with E-state index in [0.717, 1.165) is 24.8 Å². The SMILES string of the molecule is CN(CCCC1CC(c2ccc(F)cc2)NN1)C(=O)CSCC(=O)Nc1ccc(F)cc1. The Morgan fingerprint density at radius 2 is 1.69 bits per heavy atom. The van der Waals surface area contributed by atoms with Crippen LogP contribution in [0.1, 0.15) is 30.9 Å². The van der Waals surface area contributed by atoms with Gasteiger partial charge >= 0.3 is 0 Å². The summed E-state index contributed by atoms with van der Waals surface area (Å²) in [6.07, 6.45) is 2.67. The molecular weight excluding hydrogens is 434 g/mol. The van der Waals surface area contributed by atoms with Gasteiger partial charge in [-0.3, -0.25) is 20.4 Å². The van der Waals surface area contributed by atoms with Gasteiger partial charge in [-0.05, 0) is 61.2 Å². The number of hydrazine groups is 1. The van der Waals surface area contributed by atoms with Crippen molar-refractivity contribution in [2.75, 3.05) is 30.4 Å². The number of amides is 2. The summed E-state index contributed by atoms with van der Waals surface area (Å²) in [7, 11) is 1.77. The van der Waals surface area contributed by atoms with E-state index in [1.54, 1.807) is 24.1 Å². The summed E-state index contributed by atoms with van der Waals surface area (Å²) in [4.78, 5) is 25.9. The standard InChI is InChI=1S/C23H28F2N4O2S/c1-29(23(31)15-32-14-22(30)26-19-10-8-18(25)9-11-19)12-2-3-20-13-21(28-27-20)16-4-6-17(24)7-5-16/h4-11,20-21,27-28H,2-3,12-15H2,1H3,(H,26,30). The third kappa shape index (κ3) is 7.58. The lowest BCUT2D eigenvalue weighted by Crippen LogP contribution is -2.33. The Morgan fingerprint density at radius 1 is 1.03 bits per heavy atom. The number of thioether (sulfide) groups is 1. The summed E-state index contributed by atoms with van der Waals surface area (Å²) in [5.74, 6) is -0.476. The fourth-order valence-corrected chi connectivity index (χ4v) is 4.25. The highest BCUT2D eigenvalue weighted by Crippen LogP contribution is 2.24. The molecule has 1 fully saturated rings. The van der Waals surface area contributed by atoms with Crippen LogP contribution in [-0.4, -0.2) is 47.9 Å². The van der Waals surface area contributed by atoms with Gasteiger partial charge in [0.15, 0.2) is 0 Å². The van der Waals surface area contributed by atoms with Crippen LogP contribution in [-0.2, 0) is 9.59 Å². The monoisotopic (exact) mass is 462 g/mol. The lowest BCUT2D eigenvalue weighted by Gasteiger charge is -2.18. The van der Waals surface area contributed by atoms with E-state index in [-0.39, 0.29) is 47.0 Å². The van der Waals surface area contributed by atoms with Crippen molar-refractivity contribution in [1.29, 1.82) is 0 Å². The van der Waals surface area contributed by atoms with Crippen LogP contribution >= 0.6 is 11.8 Å². The lowest BCUT2D eigenvalue weighted by atomic mass is 10.00. The molecule has 1 heterocycles. The summed E-state index contributed by atoms with van der Waals surface area (Å²) in [6.45, 7) is 0.639. The second kappa shape index (κ2) is 11.9. The number of anilines is 1. The molecule has 172 valence electrons. The average molecular weight is 463 g/mol. The minimum Gasteiger partial charge on any atom is -0.345 e. The molecule has 3 rings (SSSR count). The van der Waals surface area contributed by atoms with Crippen LogP contribution in [0, 0.1) is 11.6 Å². The van der Waals surface area contributed by atoms with Crippen molar-refractivity contribution in [3.8, 4) is 0 Å². The first-order valence-corrected chi connectivity index (χ1v) is 11.7. The van der Waals surface area contributed by atoms with Crippen LogP contribution in [0.25, 0.3) is 0 Å². The van der Waals surface area contributed by atoms with Gasteiger partial charge in [0.2, 0.25) is 11.8 Å². The highest BCUT2D eigenvalue weighted by atomic mass is 32.2. The van der Waals surface area contributed by atoms with E-state index in [1.807, 2.05) is 0 Å². The van der Waals surface area contributed by atoms with Gasteiger partial charge in [-0.25, -0.2) is 8.78 Å². The van der Waals surface area contributed by atoms with Crippen LogP contribution in [0.2, 0.25) is 0 Å². The molecule has 2 amide bonds. The molecule has 1 aliphatic rings. The smallest absolute Gasteiger partial charge is 0.234 e. The number of hydrogen-bond donors (Lipinski definition) is 3. The van der Waals surface area contributed by atoms with Gasteiger partial charge in [0.05, 0.1) is 11.5 Å². The molecule has 0 aliphatic carbocycles. The molecule has 6 nitrogen and oxygen atoms in total. The van der Waals surface area contributed by atoms with E-state index in [9.17, 15) is 18.4 Å². The predicted molar refractivity (Wildman–Crippen MR) is 123 cm³/mol. The fourth-order valence-electron chi connectivity index (χ4n) is 3.50. The van der Waals surface area contributed by atoms with Crippen LogP contribution in [0.3, 0.4) is 0 Å². The summed E-state index contributed by atoms with van der Waals surface area (Å²) >= 11 is 1.25. The molecule has 2 atom stereocenters. The molecule has 1 aliphatic heterocycles. The molecule has 32 heavy (non-hydrogen) atoms. The zero-order valence-corrected chi connectivity index (χ0v) is 18.8. The number of nitrogens with one attached hydrogen (secondary N) is 3. The molecule has 1 saturated heterocycles. The van der Waals surface area contributed by atoms with Gasteiger partial charge in [-0.1, -0.05) is 12.1 Å². The number of carbonyl (C=O) groups is 2. The van der Waals surface area contributed by atoms with Crippen molar-refractivity contribution >= 4 is 29.3 Å². The molecule has 0 bridgehead atoms. The Morgan fingerprint density at radius 3 is 2.38 bits per heavy atom. The first-order valence-electron chi connectivity index (χ1n) is 10.5. The molecule has 3 N–H and O–H groups in total. The zero-order valence-electron chi connectivity index (χ0n) is 17.9. The van der Waals surface area contributed by atoms with Gasteiger partial charge in [0.1, 0.15) is 11.6 Å². The Balaban J connectivity index is 1.28. The Hall–Kier alpha value is -2.49. The Labute approximate surface area is 191 Å². The minimum atomic E-state index is -0.362. The molecule has 2 aromatic carbocycles. The maximum atomic E-state index is 13.1. The number of nitrogens with zero attached hydrogens (tertiary/aromatic N) is 1. The van der Waals surface area contributed by atoms with E-state index in [1.165, 1.54) is 48.2 Å². The highest BCUT2D eigenvalue weighted by molar-refractivity contribution is 8.00. The summed E-state index contributed by atoms with van der Waals surface area (Å²) in [5, 5.41) is 2.67. The van der Waals surface area contributed by atoms with Crippen molar-refractivity contribution in [3.05, 3.63) is 65.7 Å². The summed E-state index contributed by atoms with van der Waals surface area (Å²) < 4.78 is 26.0. The van der Waals surface area contributed by atoms with Gasteiger partial charge in [-0.15, -0.1) is 11.8 Å². The van der Waals surface area contributed by atoms with E-state index < -0.39 is 0 Å². The third-order valence-electron chi connectivity index (χ3n) is 5.31. The molecule has 0 saturated carbocycles. The summed E-state index contributed by atoms with van der Waals surface area (Å²) in [5.41, 5.74) is 8.10. The van der Waals surface area contributed by atoms with Crippen molar-refractivity contribution in [2.45, 2.75) is 31.3 Å². The minimum absolute atomic E-state index is 0.0220. The Bertz CT molecular complexity index is 896. The molecule has 2 unspecified atom stereocenters. The first kappa shape index (κ1) is 24.2. The number of carbonyl (C=O) groups excluding carboxylic acids is 2. The Kier molecular flexibility index (Phi) is 9.01. The van der Waals surface area contributed by atoms with Crippen molar-refractivity contribution in [1.82, 2.24) is 15.8 Å². The topological polar surface area (TPSA) is 73.5 Å². The summed E-state index contributed by atoms with van der Waals surface area (Å²) in [6, 6.07) is 12.5. The van der Waals surface area contributed by atoms with E-state index in [2.05, 4.69) is 16.2 Å². The number of rotatable bonds is 10. The number of hydrogen-bond acceptors (Lipinski definition) is 5. The second-order valence-corrected chi connectivity index (χ2v) is 8.82. The zero-order chi connectivity index (χ0) is 22.9. The van der Waals surface area contributed by atoms with Crippen LogP contribution < -0.4 is 16.2 Å². The normalized spacial score (nSPS) is 17.8. The van der Waals surface area contributed by atoms with Gasteiger partial charge in [-0.2, -0.15) is 0 Å². The van der Waals surface area contributed by atoms with Gasteiger partial charge < -0.3 is 10.2 Å². The largest absolute Gasteiger partial charge is 0.345 e. The molecule has 0 spiro atoms. The lowest BCUT2D eigenvalue weighted by molar-refractivity contribution is -0.127. The van der Waals surface area contributed by atoms with E-state index >= 15 is 0 Å². The third-order valence-corrected chi connectivity index (χ3v) is 6.23. The fraction of sp³-hybridized carbons (Fsp3) is 0.391. The highest BCUT2D eigenvalue weighted by Gasteiger charge is 2.24. The van der Waals surface area contributed by atoms with Crippen molar-refractivity contribution in [2.24, 2.45) is 0 Å². The number of benzene rings is 2. The van der Waals surface area contributed by atoms with Crippen molar-refractivity contribution in [3.63, 3.8) is 0 Å². The van der Waals surface area contributed by atoms with E-state index in [0.29, 0.717) is 12.2 Å². The second-order valence-electron chi connectivity index (χ2n) is 7.83. The molecule has 0 radical (unpaired) electrons. The van der Waals surface area contributed by atoms with E-state index in [4.69, 9.17) is 0 Å². The maximum Gasteiger partial charge on any atom is 0.234 e. The van der Waals surface area contributed by atoms with Crippen molar-refractivity contribution < 1.29 is 18.4 Å². The first-order chi connectivity index (χ1) is 15.4. The van der Waals surface area contributed by atoms with Gasteiger partial charge in [0, 0.05) is 31.4 Å². The maximum absolute atomic E-state index is 13.1. The average Bonchev–Trinajstić information content (AvgIpc) is 3.24. The van der Waals surface area contributed by atoms with Crippen LogP contribution in [0.15, 0.2) is 48.5 Å². The molecule has 2 aromatic rings. The van der Waals surface area contributed by atoms with Gasteiger partial charge in [0.25, 0.3) is 0 Å². The molecule has 9 heteroatoms. The number of halogens is 2. The van der Waals surface area contributed by atoms with Crippen LogP contribution in [0.5, 0.6) is 0 Å².